The van der Waals surface area contributed by atoms with Gasteiger partial charge in [0, 0.05) is 31.7 Å². The van der Waals surface area contributed by atoms with Gasteiger partial charge in [0.1, 0.15) is 11.6 Å². The van der Waals surface area contributed by atoms with Crippen LogP contribution in [-0.2, 0) is 6.54 Å². The van der Waals surface area contributed by atoms with E-state index in [2.05, 4.69) is 19.9 Å². The van der Waals surface area contributed by atoms with E-state index in [0.717, 1.165) is 37.5 Å². The third-order valence-corrected chi connectivity index (χ3v) is 4.82. The summed E-state index contributed by atoms with van der Waals surface area (Å²) >= 11 is 0. The van der Waals surface area contributed by atoms with Crippen molar-refractivity contribution in [2.75, 3.05) is 37.7 Å². The molecule has 28 heavy (non-hydrogen) atoms. The molecule has 0 aliphatic carbocycles. The Hall–Kier alpha value is -2.93. The zero-order valence-corrected chi connectivity index (χ0v) is 15.8. The molecule has 4 rings (SSSR count). The largest absolute Gasteiger partial charge is 0.494 e. The molecule has 0 N–H and O–H groups in total. The van der Waals surface area contributed by atoms with Crippen LogP contribution in [0.3, 0.4) is 0 Å². The van der Waals surface area contributed by atoms with Gasteiger partial charge in [-0.1, -0.05) is 17.3 Å². The Balaban J connectivity index is 1.34. The fraction of sp³-hybridized carbons (Fsp3) is 0.333. The lowest BCUT2D eigenvalue weighted by Crippen LogP contribution is -2.46. The third-order valence-electron chi connectivity index (χ3n) is 4.82. The summed E-state index contributed by atoms with van der Waals surface area (Å²) in [5, 5.41) is 4.09. The van der Waals surface area contributed by atoms with Crippen LogP contribution in [-0.4, -0.2) is 47.8 Å². The topological polar surface area (TPSA) is 54.6 Å². The second kappa shape index (κ2) is 8.39. The molecule has 3 aromatic rings. The van der Waals surface area contributed by atoms with Gasteiger partial charge in [-0.3, -0.25) is 4.90 Å². The SMILES string of the molecule is CCOc1ccc(-c2noc(CN3CCN(c4ccccc4F)CC3)n2)cc1. The molecule has 0 spiro atoms. The summed E-state index contributed by atoms with van der Waals surface area (Å²) in [5.74, 6) is 1.81. The summed E-state index contributed by atoms with van der Waals surface area (Å²) in [5.41, 5.74) is 1.56. The standard InChI is InChI=1S/C21H23FN4O2/c1-2-27-17-9-7-16(8-10-17)21-23-20(28-24-21)15-25-11-13-26(14-12-25)19-6-4-3-5-18(19)22/h3-10H,2,11-15H2,1H3. The van der Waals surface area contributed by atoms with Crippen molar-refractivity contribution in [1.82, 2.24) is 15.0 Å². The maximum atomic E-state index is 14.0. The van der Waals surface area contributed by atoms with E-state index in [9.17, 15) is 4.39 Å². The van der Waals surface area contributed by atoms with Crippen LogP contribution in [0.2, 0.25) is 0 Å². The minimum Gasteiger partial charge on any atom is -0.494 e. The molecular formula is C21H23FN4O2. The van der Waals surface area contributed by atoms with Crippen LogP contribution >= 0.6 is 0 Å². The van der Waals surface area contributed by atoms with E-state index in [1.54, 1.807) is 6.07 Å². The Morgan fingerprint density at radius 2 is 1.79 bits per heavy atom. The molecule has 1 aliphatic rings. The number of benzene rings is 2. The van der Waals surface area contributed by atoms with Crippen LogP contribution in [0.5, 0.6) is 5.75 Å². The van der Waals surface area contributed by atoms with E-state index in [-0.39, 0.29) is 5.82 Å². The van der Waals surface area contributed by atoms with Gasteiger partial charge in [0.25, 0.3) is 0 Å². The van der Waals surface area contributed by atoms with Gasteiger partial charge in [-0.05, 0) is 43.3 Å². The fourth-order valence-electron chi connectivity index (χ4n) is 3.35. The number of hydrogen-bond acceptors (Lipinski definition) is 6. The van der Waals surface area contributed by atoms with Gasteiger partial charge in [-0.2, -0.15) is 4.98 Å². The number of para-hydroxylation sites is 1. The van der Waals surface area contributed by atoms with Gasteiger partial charge in [0.15, 0.2) is 0 Å². The monoisotopic (exact) mass is 382 g/mol. The van der Waals surface area contributed by atoms with Crippen molar-refractivity contribution in [1.29, 1.82) is 0 Å². The molecule has 0 radical (unpaired) electrons. The van der Waals surface area contributed by atoms with E-state index in [0.29, 0.717) is 30.6 Å². The molecule has 7 heteroatoms. The summed E-state index contributed by atoms with van der Waals surface area (Å²) in [7, 11) is 0. The molecule has 146 valence electrons. The fourth-order valence-corrected chi connectivity index (χ4v) is 3.35. The first kappa shape index (κ1) is 18.4. The normalized spacial score (nSPS) is 15.0. The highest BCUT2D eigenvalue weighted by molar-refractivity contribution is 5.55. The lowest BCUT2D eigenvalue weighted by atomic mass is 10.2. The molecule has 6 nitrogen and oxygen atoms in total. The Morgan fingerprint density at radius 1 is 1.04 bits per heavy atom. The highest BCUT2D eigenvalue weighted by Crippen LogP contribution is 2.22. The molecule has 0 saturated carbocycles. The van der Waals surface area contributed by atoms with Crippen LogP contribution < -0.4 is 9.64 Å². The number of anilines is 1. The molecule has 0 unspecified atom stereocenters. The van der Waals surface area contributed by atoms with Crippen LogP contribution in [0.15, 0.2) is 53.1 Å². The molecule has 1 aliphatic heterocycles. The summed E-state index contributed by atoms with van der Waals surface area (Å²) < 4.78 is 24.8. The lowest BCUT2D eigenvalue weighted by molar-refractivity contribution is 0.215. The Bertz CT molecular complexity index is 905. The smallest absolute Gasteiger partial charge is 0.241 e. The van der Waals surface area contributed by atoms with Crippen LogP contribution in [0.25, 0.3) is 11.4 Å². The van der Waals surface area contributed by atoms with Crippen molar-refractivity contribution >= 4 is 5.69 Å². The van der Waals surface area contributed by atoms with E-state index in [1.165, 1.54) is 6.07 Å². The van der Waals surface area contributed by atoms with Crippen molar-refractivity contribution in [2.45, 2.75) is 13.5 Å². The van der Waals surface area contributed by atoms with Gasteiger partial charge in [-0.15, -0.1) is 0 Å². The van der Waals surface area contributed by atoms with Crippen LogP contribution in [0.4, 0.5) is 10.1 Å². The summed E-state index contributed by atoms with van der Waals surface area (Å²) in [4.78, 5) is 8.82. The average molecular weight is 382 g/mol. The number of piperazine rings is 1. The highest BCUT2D eigenvalue weighted by Gasteiger charge is 2.21. The minimum atomic E-state index is -0.173. The summed E-state index contributed by atoms with van der Waals surface area (Å²) in [6, 6.07) is 14.6. The van der Waals surface area contributed by atoms with E-state index in [1.807, 2.05) is 43.3 Å². The second-order valence-corrected chi connectivity index (χ2v) is 6.68. The van der Waals surface area contributed by atoms with Gasteiger partial charge in [0.2, 0.25) is 11.7 Å². The van der Waals surface area contributed by atoms with E-state index >= 15 is 0 Å². The van der Waals surface area contributed by atoms with Gasteiger partial charge < -0.3 is 14.2 Å². The highest BCUT2D eigenvalue weighted by atomic mass is 19.1. The molecule has 1 aromatic heterocycles. The number of nitrogens with zero attached hydrogens (tertiary/aromatic N) is 4. The maximum Gasteiger partial charge on any atom is 0.241 e. The van der Waals surface area contributed by atoms with Crippen molar-refractivity contribution in [2.24, 2.45) is 0 Å². The molecule has 1 fully saturated rings. The molecular weight excluding hydrogens is 359 g/mol. The summed E-state index contributed by atoms with van der Waals surface area (Å²) in [6.45, 7) is 6.34. The minimum absolute atomic E-state index is 0.173. The van der Waals surface area contributed by atoms with Crippen molar-refractivity contribution in [3.63, 3.8) is 0 Å². The zero-order valence-electron chi connectivity index (χ0n) is 15.8. The van der Waals surface area contributed by atoms with E-state index in [4.69, 9.17) is 9.26 Å². The first-order chi connectivity index (χ1) is 13.7. The molecule has 0 amide bonds. The third kappa shape index (κ3) is 4.14. The number of ether oxygens (including phenoxy) is 1. The summed E-state index contributed by atoms with van der Waals surface area (Å²) in [6.07, 6.45) is 0. The maximum absolute atomic E-state index is 14.0. The van der Waals surface area contributed by atoms with Crippen molar-refractivity contribution in [3.05, 3.63) is 60.2 Å². The Morgan fingerprint density at radius 3 is 2.50 bits per heavy atom. The van der Waals surface area contributed by atoms with Gasteiger partial charge in [-0.25, -0.2) is 4.39 Å². The molecule has 0 bridgehead atoms. The first-order valence-electron chi connectivity index (χ1n) is 9.50. The van der Waals surface area contributed by atoms with E-state index < -0.39 is 0 Å². The second-order valence-electron chi connectivity index (χ2n) is 6.68. The number of aromatic nitrogens is 2. The van der Waals surface area contributed by atoms with Gasteiger partial charge in [0.05, 0.1) is 18.8 Å². The van der Waals surface area contributed by atoms with Crippen molar-refractivity contribution < 1.29 is 13.7 Å². The molecule has 0 atom stereocenters. The van der Waals surface area contributed by atoms with Crippen LogP contribution in [0, 0.1) is 5.82 Å². The molecule has 2 aromatic carbocycles. The molecule has 1 saturated heterocycles. The first-order valence-corrected chi connectivity index (χ1v) is 9.50. The number of rotatable bonds is 6. The number of halogens is 1. The van der Waals surface area contributed by atoms with Crippen molar-refractivity contribution in [3.8, 4) is 17.1 Å². The zero-order chi connectivity index (χ0) is 19.3. The van der Waals surface area contributed by atoms with Gasteiger partial charge >= 0.3 is 0 Å². The predicted molar refractivity (Wildman–Crippen MR) is 105 cm³/mol. The quantitative estimate of drug-likeness (QED) is 0.649. The predicted octanol–water partition coefficient (Wildman–Crippen LogP) is 3.60. The number of hydrogen-bond donors (Lipinski definition) is 0. The Labute approximate surface area is 163 Å². The Kier molecular flexibility index (Phi) is 5.53. The molecule has 2 heterocycles. The lowest BCUT2D eigenvalue weighted by Gasteiger charge is -2.35. The van der Waals surface area contributed by atoms with Crippen LogP contribution in [0.1, 0.15) is 12.8 Å². The average Bonchev–Trinajstić information content (AvgIpc) is 3.18.